The quantitative estimate of drug-likeness (QED) is 0.292. The number of hydrogen-bond donors (Lipinski definition) is 2. The molecule has 0 amide bonds. The summed E-state index contributed by atoms with van der Waals surface area (Å²) in [6, 6.07) is 7.85. The van der Waals surface area contributed by atoms with Gasteiger partial charge >= 0.3 is 0 Å². The molecule has 0 radical (unpaired) electrons. The van der Waals surface area contributed by atoms with E-state index in [0.717, 1.165) is 24.0 Å². The number of aliphatic hydroxyl groups excluding tert-OH is 1. The van der Waals surface area contributed by atoms with E-state index in [0.29, 0.717) is 5.71 Å². The fraction of sp³-hybridized carbons (Fsp3) is 0.588. The van der Waals surface area contributed by atoms with Crippen LogP contribution in [0.1, 0.15) is 63.0 Å². The molecule has 0 bridgehead atoms. The molecular formula is C17H27NO2. The summed E-state index contributed by atoms with van der Waals surface area (Å²) in [5.41, 5.74) is 2.37. The minimum Gasteiger partial charge on any atom is -0.411 e. The number of nitrogens with zero attached hydrogens (tertiary/aromatic N) is 1. The van der Waals surface area contributed by atoms with E-state index in [2.05, 4.69) is 12.1 Å². The van der Waals surface area contributed by atoms with Crippen LogP contribution in [0.25, 0.3) is 0 Å². The van der Waals surface area contributed by atoms with Gasteiger partial charge in [0.2, 0.25) is 0 Å². The van der Waals surface area contributed by atoms with E-state index in [9.17, 15) is 5.11 Å². The molecule has 3 nitrogen and oxygen atoms in total. The number of unbranched alkanes of at least 4 members (excludes halogenated alkanes) is 6. The van der Waals surface area contributed by atoms with Crippen LogP contribution >= 0.6 is 0 Å². The molecule has 0 aliphatic heterocycles. The second kappa shape index (κ2) is 10.4. The topological polar surface area (TPSA) is 52.8 Å². The van der Waals surface area contributed by atoms with E-state index in [1.165, 1.54) is 38.5 Å². The Hall–Kier alpha value is -1.35. The van der Waals surface area contributed by atoms with Gasteiger partial charge in [0, 0.05) is 5.56 Å². The number of hydrogen-bond acceptors (Lipinski definition) is 3. The zero-order chi connectivity index (χ0) is 14.6. The van der Waals surface area contributed by atoms with Crippen LogP contribution in [0, 0.1) is 0 Å². The molecule has 0 aromatic heterocycles. The van der Waals surface area contributed by atoms with Crippen LogP contribution in [0.5, 0.6) is 0 Å². The summed E-state index contributed by atoms with van der Waals surface area (Å²) in [6.45, 7) is 2.00. The Morgan fingerprint density at radius 2 is 1.65 bits per heavy atom. The maximum Gasteiger partial charge on any atom is 0.112 e. The van der Waals surface area contributed by atoms with Crippen LogP contribution in [0.2, 0.25) is 0 Å². The number of benzene rings is 1. The summed E-state index contributed by atoms with van der Waals surface area (Å²) in [5.74, 6) is 0. The van der Waals surface area contributed by atoms with Crippen molar-refractivity contribution in [3.05, 3.63) is 35.4 Å². The number of aryl methyl sites for hydroxylation is 1. The van der Waals surface area contributed by atoms with Crippen molar-refractivity contribution < 1.29 is 10.3 Å². The summed E-state index contributed by atoms with van der Waals surface area (Å²) >= 11 is 0. The molecule has 0 aliphatic rings. The van der Waals surface area contributed by atoms with Crippen LogP contribution in [-0.2, 0) is 6.42 Å². The third kappa shape index (κ3) is 5.74. The monoisotopic (exact) mass is 277 g/mol. The van der Waals surface area contributed by atoms with Gasteiger partial charge in [-0.1, -0.05) is 74.9 Å². The molecule has 0 saturated carbocycles. The molecule has 0 aliphatic carbocycles. The second-order valence-electron chi connectivity index (χ2n) is 5.23. The Morgan fingerprint density at radius 3 is 2.30 bits per heavy atom. The summed E-state index contributed by atoms with van der Waals surface area (Å²) in [5, 5.41) is 21.3. The van der Waals surface area contributed by atoms with Gasteiger partial charge in [-0.2, -0.15) is 0 Å². The van der Waals surface area contributed by atoms with Crippen molar-refractivity contribution in [1.82, 2.24) is 0 Å². The lowest BCUT2D eigenvalue weighted by molar-refractivity contribution is 0.303. The SMILES string of the molecule is CCCCCCCCCc1ccccc1/C(CO)=N/O. The molecule has 0 fully saturated rings. The van der Waals surface area contributed by atoms with Crippen LogP contribution in [0.4, 0.5) is 0 Å². The van der Waals surface area contributed by atoms with Gasteiger partial charge in [0.1, 0.15) is 5.71 Å². The fourth-order valence-electron chi connectivity index (χ4n) is 2.46. The normalized spacial score (nSPS) is 11.8. The first-order valence-corrected chi connectivity index (χ1v) is 7.73. The second-order valence-corrected chi connectivity index (χ2v) is 5.23. The van der Waals surface area contributed by atoms with Gasteiger partial charge in [0.25, 0.3) is 0 Å². The maximum atomic E-state index is 9.21. The maximum absolute atomic E-state index is 9.21. The van der Waals surface area contributed by atoms with Gasteiger partial charge in [0.15, 0.2) is 0 Å². The van der Waals surface area contributed by atoms with Crippen molar-refractivity contribution >= 4 is 5.71 Å². The fourth-order valence-corrected chi connectivity index (χ4v) is 2.46. The van der Waals surface area contributed by atoms with Crippen molar-refractivity contribution in [1.29, 1.82) is 0 Å². The molecule has 0 unspecified atom stereocenters. The molecule has 2 N–H and O–H groups in total. The number of oxime groups is 1. The first-order valence-electron chi connectivity index (χ1n) is 7.73. The highest BCUT2D eigenvalue weighted by Crippen LogP contribution is 2.15. The Balaban J connectivity index is 2.40. The lowest BCUT2D eigenvalue weighted by atomic mass is 9.98. The molecule has 0 saturated heterocycles. The van der Waals surface area contributed by atoms with Gasteiger partial charge in [-0.05, 0) is 18.4 Å². The van der Waals surface area contributed by atoms with Crippen LogP contribution in [-0.4, -0.2) is 22.6 Å². The zero-order valence-corrected chi connectivity index (χ0v) is 12.5. The van der Waals surface area contributed by atoms with Crippen LogP contribution in [0.3, 0.4) is 0 Å². The lowest BCUT2D eigenvalue weighted by Gasteiger charge is -2.09. The molecule has 1 rings (SSSR count). The van der Waals surface area contributed by atoms with E-state index < -0.39 is 0 Å². The highest BCUT2D eigenvalue weighted by molar-refractivity contribution is 6.02. The Labute approximate surface area is 122 Å². The molecule has 112 valence electrons. The summed E-state index contributed by atoms with van der Waals surface area (Å²) in [6.07, 6.45) is 9.96. The Morgan fingerprint density at radius 1 is 1.00 bits per heavy atom. The van der Waals surface area contributed by atoms with E-state index >= 15 is 0 Å². The molecule has 1 aromatic rings. The van der Waals surface area contributed by atoms with E-state index in [1.54, 1.807) is 0 Å². The average molecular weight is 277 g/mol. The van der Waals surface area contributed by atoms with E-state index in [-0.39, 0.29) is 6.61 Å². The number of aliphatic hydroxyl groups is 1. The summed E-state index contributed by atoms with van der Waals surface area (Å²) in [4.78, 5) is 0. The predicted molar refractivity (Wildman–Crippen MR) is 83.5 cm³/mol. The molecule has 1 aromatic carbocycles. The van der Waals surface area contributed by atoms with E-state index in [1.807, 2.05) is 24.3 Å². The molecule has 0 spiro atoms. The average Bonchev–Trinajstić information content (AvgIpc) is 2.49. The standard InChI is InChI=1S/C17H27NO2/c1-2-3-4-5-6-7-8-11-15-12-9-10-13-16(15)17(14-19)18-20/h9-10,12-13,19-20H,2-8,11,14H2,1H3/b18-17+. The smallest absolute Gasteiger partial charge is 0.112 e. The van der Waals surface area contributed by atoms with Crippen molar-refractivity contribution in [2.24, 2.45) is 5.16 Å². The van der Waals surface area contributed by atoms with Crippen molar-refractivity contribution in [3.63, 3.8) is 0 Å². The van der Waals surface area contributed by atoms with Crippen molar-refractivity contribution in [2.75, 3.05) is 6.61 Å². The molecule has 0 heterocycles. The van der Waals surface area contributed by atoms with Crippen molar-refractivity contribution in [2.45, 2.75) is 58.3 Å². The molecule has 3 heteroatoms. The zero-order valence-electron chi connectivity index (χ0n) is 12.5. The van der Waals surface area contributed by atoms with E-state index in [4.69, 9.17) is 5.21 Å². The van der Waals surface area contributed by atoms with Gasteiger partial charge < -0.3 is 10.3 Å². The molecule has 0 atom stereocenters. The van der Waals surface area contributed by atoms with Gasteiger partial charge in [-0.25, -0.2) is 0 Å². The van der Waals surface area contributed by atoms with Crippen LogP contribution in [0.15, 0.2) is 29.4 Å². The van der Waals surface area contributed by atoms with Crippen LogP contribution < -0.4 is 0 Å². The van der Waals surface area contributed by atoms with Gasteiger partial charge in [0.05, 0.1) is 6.61 Å². The third-order valence-corrected chi connectivity index (χ3v) is 3.65. The third-order valence-electron chi connectivity index (χ3n) is 3.65. The van der Waals surface area contributed by atoms with Gasteiger partial charge in [-0.15, -0.1) is 0 Å². The molecular weight excluding hydrogens is 250 g/mol. The highest BCUT2D eigenvalue weighted by Gasteiger charge is 2.08. The minimum atomic E-state index is -0.232. The first-order chi connectivity index (χ1) is 9.83. The molecule has 20 heavy (non-hydrogen) atoms. The minimum absolute atomic E-state index is 0.232. The Bertz CT molecular complexity index is 402. The Kier molecular flexibility index (Phi) is 8.72. The van der Waals surface area contributed by atoms with Crippen molar-refractivity contribution in [3.8, 4) is 0 Å². The predicted octanol–water partition coefficient (Wildman–Crippen LogP) is 4.15. The lowest BCUT2D eigenvalue weighted by Crippen LogP contribution is -2.09. The summed E-state index contributed by atoms with van der Waals surface area (Å²) in [7, 11) is 0. The number of rotatable bonds is 10. The highest BCUT2D eigenvalue weighted by atomic mass is 16.4. The largest absolute Gasteiger partial charge is 0.411 e. The summed E-state index contributed by atoms with van der Waals surface area (Å²) < 4.78 is 0. The first kappa shape index (κ1) is 16.7. The van der Waals surface area contributed by atoms with Gasteiger partial charge in [-0.3, -0.25) is 0 Å².